The summed E-state index contributed by atoms with van der Waals surface area (Å²) < 4.78 is 15.6. The normalized spacial score (nSPS) is 11.1. The number of aromatic nitrogens is 1. The summed E-state index contributed by atoms with van der Waals surface area (Å²) in [5, 5.41) is 2.94. The van der Waals surface area contributed by atoms with E-state index in [1.807, 2.05) is 24.4 Å². The molecule has 0 saturated carbocycles. The molecule has 0 saturated heterocycles. The molecule has 116 valence electrons. The molecule has 1 aromatic heterocycles. The number of benzene rings is 1. The van der Waals surface area contributed by atoms with Crippen LogP contribution in [0.5, 0.6) is 5.75 Å². The summed E-state index contributed by atoms with van der Waals surface area (Å²) in [4.78, 5) is 16.2. The van der Waals surface area contributed by atoms with Gasteiger partial charge in [0.15, 0.2) is 0 Å². The third kappa shape index (κ3) is 3.85. The molecule has 6 heteroatoms. The van der Waals surface area contributed by atoms with E-state index in [0.29, 0.717) is 23.5 Å². The van der Waals surface area contributed by atoms with Crippen molar-refractivity contribution in [3.8, 4) is 5.75 Å². The van der Waals surface area contributed by atoms with E-state index in [2.05, 4.69) is 4.98 Å². The zero-order chi connectivity index (χ0) is 15.9. The van der Waals surface area contributed by atoms with Gasteiger partial charge in [-0.2, -0.15) is 0 Å². The molecule has 0 radical (unpaired) electrons. The van der Waals surface area contributed by atoms with Crippen LogP contribution in [0.4, 0.5) is 0 Å². The largest absolute Gasteiger partial charge is 0.503 e. The van der Waals surface area contributed by atoms with Crippen LogP contribution in [0.2, 0.25) is 0 Å². The summed E-state index contributed by atoms with van der Waals surface area (Å²) in [7, 11) is 2.80. The van der Waals surface area contributed by atoms with Crippen molar-refractivity contribution in [2.24, 2.45) is 0 Å². The van der Waals surface area contributed by atoms with Crippen LogP contribution >= 0.6 is 11.3 Å². The maximum absolute atomic E-state index is 11.9. The minimum atomic E-state index is -0.484. The smallest absolute Gasteiger partial charge is 0.341 e. The highest BCUT2D eigenvalue weighted by Gasteiger charge is 2.17. The molecule has 1 aromatic carbocycles. The molecule has 0 atom stereocenters. The molecule has 2 rings (SSSR count). The lowest BCUT2D eigenvalue weighted by Crippen LogP contribution is -2.07. The molecule has 0 N–H and O–H groups in total. The van der Waals surface area contributed by atoms with Gasteiger partial charge >= 0.3 is 5.97 Å². The first-order valence-corrected chi connectivity index (χ1v) is 7.48. The summed E-state index contributed by atoms with van der Waals surface area (Å²) in [6.07, 6.45) is 1.35. The second kappa shape index (κ2) is 7.61. The fourth-order valence-electron chi connectivity index (χ4n) is 1.89. The van der Waals surface area contributed by atoms with Crippen molar-refractivity contribution in [3.63, 3.8) is 0 Å². The van der Waals surface area contributed by atoms with Gasteiger partial charge in [0, 0.05) is 10.9 Å². The van der Waals surface area contributed by atoms with Gasteiger partial charge in [0.1, 0.15) is 17.9 Å². The minimum Gasteiger partial charge on any atom is -0.503 e. The van der Waals surface area contributed by atoms with E-state index in [1.165, 1.54) is 20.5 Å². The third-order valence-corrected chi connectivity index (χ3v) is 3.68. The van der Waals surface area contributed by atoms with Gasteiger partial charge in [0.2, 0.25) is 0 Å². The lowest BCUT2D eigenvalue weighted by molar-refractivity contribution is -0.133. The molecule has 0 aliphatic heterocycles. The SMILES string of the molecule is COC=C(C(=O)OC)c1ccccc1OCc1csc(C)n1. The molecule has 22 heavy (non-hydrogen) atoms. The molecule has 0 aliphatic carbocycles. The van der Waals surface area contributed by atoms with Gasteiger partial charge in [-0.25, -0.2) is 9.78 Å². The monoisotopic (exact) mass is 319 g/mol. The molecular weight excluding hydrogens is 302 g/mol. The third-order valence-electron chi connectivity index (χ3n) is 2.86. The Bertz CT molecular complexity index is 678. The Balaban J connectivity index is 2.25. The van der Waals surface area contributed by atoms with Crippen molar-refractivity contribution < 1.29 is 19.0 Å². The van der Waals surface area contributed by atoms with Crippen LogP contribution < -0.4 is 4.74 Å². The maximum atomic E-state index is 11.9. The molecule has 0 amide bonds. The molecule has 0 fully saturated rings. The van der Waals surface area contributed by atoms with Crippen LogP contribution in [0.15, 0.2) is 35.9 Å². The predicted octanol–water partition coefficient (Wildman–Crippen LogP) is 3.19. The van der Waals surface area contributed by atoms with E-state index >= 15 is 0 Å². The molecular formula is C16H17NO4S. The number of nitrogens with zero attached hydrogens (tertiary/aromatic N) is 1. The number of hydrogen-bond donors (Lipinski definition) is 0. The van der Waals surface area contributed by atoms with Crippen LogP contribution in [0.3, 0.4) is 0 Å². The Hall–Kier alpha value is -2.34. The number of hydrogen-bond acceptors (Lipinski definition) is 6. The fraction of sp³-hybridized carbons (Fsp3) is 0.250. The van der Waals surface area contributed by atoms with Crippen molar-refractivity contribution in [2.45, 2.75) is 13.5 Å². The second-order valence-corrected chi connectivity index (χ2v) is 5.46. The number of methoxy groups -OCH3 is 2. The lowest BCUT2D eigenvalue weighted by Gasteiger charge is -2.12. The molecule has 0 bridgehead atoms. The number of rotatable bonds is 6. The van der Waals surface area contributed by atoms with E-state index < -0.39 is 5.97 Å². The zero-order valence-electron chi connectivity index (χ0n) is 12.7. The van der Waals surface area contributed by atoms with Crippen LogP contribution in [0, 0.1) is 6.92 Å². The van der Waals surface area contributed by atoms with Crippen molar-refractivity contribution in [3.05, 3.63) is 52.2 Å². The summed E-state index contributed by atoms with van der Waals surface area (Å²) in [5.41, 5.74) is 1.77. The molecule has 5 nitrogen and oxygen atoms in total. The topological polar surface area (TPSA) is 57.7 Å². The van der Waals surface area contributed by atoms with Gasteiger partial charge in [0.05, 0.1) is 31.2 Å². The van der Waals surface area contributed by atoms with Crippen LogP contribution in [0.25, 0.3) is 5.57 Å². The van der Waals surface area contributed by atoms with Gasteiger partial charge in [-0.3, -0.25) is 0 Å². The first kappa shape index (κ1) is 16.0. The van der Waals surface area contributed by atoms with E-state index in [9.17, 15) is 4.79 Å². The van der Waals surface area contributed by atoms with E-state index in [4.69, 9.17) is 14.2 Å². The maximum Gasteiger partial charge on any atom is 0.341 e. The molecule has 1 heterocycles. The quantitative estimate of drug-likeness (QED) is 0.465. The number of carbonyl (C=O) groups is 1. The van der Waals surface area contributed by atoms with Gasteiger partial charge < -0.3 is 14.2 Å². The Kier molecular flexibility index (Phi) is 5.55. The molecule has 0 spiro atoms. The first-order valence-electron chi connectivity index (χ1n) is 6.60. The van der Waals surface area contributed by atoms with E-state index in [1.54, 1.807) is 23.5 Å². The highest BCUT2D eigenvalue weighted by Crippen LogP contribution is 2.27. The van der Waals surface area contributed by atoms with Crippen molar-refractivity contribution >= 4 is 22.9 Å². The number of carbonyl (C=O) groups excluding carboxylic acids is 1. The Morgan fingerprint density at radius 2 is 2.09 bits per heavy atom. The Morgan fingerprint density at radius 1 is 1.32 bits per heavy atom. The Labute approximate surface area is 133 Å². The minimum absolute atomic E-state index is 0.301. The standard InChI is InChI=1S/C16H17NO4S/c1-11-17-12(10-22-11)8-21-15-7-5-4-6-13(15)14(9-19-2)16(18)20-3/h4-7,9-10H,8H2,1-3H3. The van der Waals surface area contributed by atoms with Gasteiger partial charge in [-0.05, 0) is 13.0 Å². The number of ether oxygens (including phenoxy) is 3. The number of thiazole rings is 1. The number of esters is 1. The highest BCUT2D eigenvalue weighted by atomic mass is 32.1. The van der Waals surface area contributed by atoms with E-state index in [-0.39, 0.29) is 0 Å². The number of para-hydroxylation sites is 1. The average Bonchev–Trinajstić information content (AvgIpc) is 2.96. The summed E-state index contributed by atoms with van der Waals surface area (Å²) in [5.74, 6) is 0.0873. The summed E-state index contributed by atoms with van der Waals surface area (Å²) in [6, 6.07) is 7.23. The van der Waals surface area contributed by atoms with Crippen molar-refractivity contribution in [2.75, 3.05) is 14.2 Å². The van der Waals surface area contributed by atoms with Gasteiger partial charge in [0.25, 0.3) is 0 Å². The van der Waals surface area contributed by atoms with Gasteiger partial charge in [-0.15, -0.1) is 11.3 Å². The number of aryl methyl sites for hydroxylation is 1. The Morgan fingerprint density at radius 3 is 2.73 bits per heavy atom. The van der Waals surface area contributed by atoms with Crippen LogP contribution in [-0.2, 0) is 20.9 Å². The molecule has 0 aliphatic rings. The molecule has 2 aromatic rings. The zero-order valence-corrected chi connectivity index (χ0v) is 13.5. The fourth-order valence-corrected chi connectivity index (χ4v) is 2.49. The van der Waals surface area contributed by atoms with E-state index in [0.717, 1.165) is 10.7 Å². The summed E-state index contributed by atoms with van der Waals surface area (Å²) in [6.45, 7) is 2.28. The molecule has 0 unspecified atom stereocenters. The average molecular weight is 319 g/mol. The van der Waals surface area contributed by atoms with Gasteiger partial charge in [-0.1, -0.05) is 18.2 Å². The van der Waals surface area contributed by atoms with Crippen molar-refractivity contribution in [1.29, 1.82) is 0 Å². The van der Waals surface area contributed by atoms with Crippen LogP contribution in [-0.4, -0.2) is 25.2 Å². The second-order valence-electron chi connectivity index (χ2n) is 4.40. The lowest BCUT2D eigenvalue weighted by atomic mass is 10.1. The summed E-state index contributed by atoms with van der Waals surface area (Å²) >= 11 is 1.57. The predicted molar refractivity (Wildman–Crippen MR) is 84.6 cm³/mol. The van der Waals surface area contributed by atoms with Crippen molar-refractivity contribution in [1.82, 2.24) is 4.98 Å². The first-order chi connectivity index (χ1) is 10.7. The highest BCUT2D eigenvalue weighted by molar-refractivity contribution is 7.09. The van der Waals surface area contributed by atoms with Crippen LogP contribution in [0.1, 0.15) is 16.3 Å².